The minimum absolute atomic E-state index is 0. The molecule has 44 heavy (non-hydrogen) atoms. The molecule has 1 unspecified atom stereocenters. The van der Waals surface area contributed by atoms with Gasteiger partial charge in [0.25, 0.3) is 0 Å². The van der Waals surface area contributed by atoms with E-state index < -0.39 is 17.4 Å². The Morgan fingerprint density at radius 2 is 1.36 bits per heavy atom. The average molecular weight is 708 g/mol. The van der Waals surface area contributed by atoms with Crippen LogP contribution in [-0.4, -0.2) is 11.9 Å². The summed E-state index contributed by atoms with van der Waals surface area (Å²) in [5, 5.41) is 1.18. The fourth-order valence-corrected chi connectivity index (χ4v) is 23.9. The predicted octanol–water partition coefficient (Wildman–Crippen LogP) is 9.57. The molecule has 0 bridgehead atoms. The molecule has 0 spiro atoms. The third-order valence-electron chi connectivity index (χ3n) is 9.73. The van der Waals surface area contributed by atoms with Crippen LogP contribution in [0.1, 0.15) is 31.4 Å². The summed E-state index contributed by atoms with van der Waals surface area (Å²) in [6, 6.07) is 45.0. The van der Waals surface area contributed by atoms with Gasteiger partial charge in [-0.15, -0.1) is 24.8 Å². The standard InChI is InChI=1S/C24H16N.C13H9.2CH3.2ClH.H2Si.Zr/c1-2-7-17(8-3-1)20-13-18-10-6-11-22(23(18)15-20)21-14-19-9-4-5-12-24(19)25-16-21;1-3-7-12-10(5-1)9-11-6-2-4-8-13(11)12;;;;;;/h1-16H;1-5,7-8H,9H2;2*1H3;2*1H;1H2;. The molecule has 1 heterocycles. The van der Waals surface area contributed by atoms with Crippen molar-refractivity contribution in [3.05, 3.63) is 155 Å². The first kappa shape index (κ1) is 30.9. The van der Waals surface area contributed by atoms with Gasteiger partial charge < -0.3 is 0 Å². The molecule has 0 N–H and O–H groups in total. The SMILES string of the molecule is Cl.Cl.[CH3][Zr]([CH3])(=[SiH2])([c]1cccc2c1Cc1ccccc1-2)[CH]1C(c2ccccc2)=Cc2c(-c3cnc4ccccc4c3)cccc21. The van der Waals surface area contributed by atoms with Gasteiger partial charge in [-0.1, -0.05) is 0 Å². The maximum atomic E-state index is 4.84. The Hall–Kier alpha value is -3.07. The average Bonchev–Trinajstić information content (AvgIpc) is 3.61. The van der Waals surface area contributed by atoms with Gasteiger partial charge in [0.05, 0.1) is 0 Å². The molecule has 5 heteroatoms. The van der Waals surface area contributed by atoms with Crippen molar-refractivity contribution in [2.75, 3.05) is 0 Å². The van der Waals surface area contributed by atoms with Crippen molar-refractivity contribution in [1.29, 1.82) is 0 Å². The zero-order valence-corrected chi connectivity index (χ0v) is 30.5. The van der Waals surface area contributed by atoms with E-state index in [1.807, 2.05) is 0 Å². The number of pyridine rings is 1. The van der Waals surface area contributed by atoms with Crippen LogP contribution < -0.4 is 3.27 Å². The first-order chi connectivity index (χ1) is 20.4. The second-order valence-electron chi connectivity index (χ2n) is 13.1. The number of rotatable bonds is 4. The molecule has 0 radical (unpaired) electrons. The number of benzene rings is 5. The van der Waals surface area contributed by atoms with E-state index in [0.717, 1.165) is 11.9 Å². The van der Waals surface area contributed by atoms with Crippen LogP contribution in [0.4, 0.5) is 0 Å². The molecule has 1 aromatic heterocycles. The molecule has 1 nitrogen and oxygen atoms in total. The number of para-hydroxylation sites is 1. The molecule has 0 aliphatic heterocycles. The van der Waals surface area contributed by atoms with Gasteiger partial charge in [-0.3, -0.25) is 0 Å². The molecule has 218 valence electrons. The van der Waals surface area contributed by atoms with Crippen molar-refractivity contribution >= 4 is 57.5 Å². The summed E-state index contributed by atoms with van der Waals surface area (Å²) in [7, 11) is 0. The Bertz CT molecular complexity index is 2160. The summed E-state index contributed by atoms with van der Waals surface area (Å²) in [6.45, 7) is 2.38. The van der Waals surface area contributed by atoms with Gasteiger partial charge in [-0.2, -0.15) is 0 Å². The predicted molar refractivity (Wildman–Crippen MR) is 193 cm³/mol. The van der Waals surface area contributed by atoms with Crippen LogP contribution in [0.3, 0.4) is 0 Å². The molecule has 2 aliphatic carbocycles. The molecule has 0 saturated carbocycles. The normalized spacial score (nSPS) is 15.0. The monoisotopic (exact) mass is 705 g/mol. The number of allylic oxidation sites excluding steroid dienone is 1. The Balaban J connectivity index is 0.00000171. The molecular weight excluding hydrogens is 673 g/mol. The van der Waals surface area contributed by atoms with Crippen molar-refractivity contribution in [3.63, 3.8) is 0 Å². The van der Waals surface area contributed by atoms with Crippen LogP contribution >= 0.6 is 24.8 Å². The van der Waals surface area contributed by atoms with Gasteiger partial charge in [-0.05, 0) is 0 Å². The van der Waals surface area contributed by atoms with Crippen LogP contribution in [-0.2, 0) is 23.8 Å². The Morgan fingerprint density at radius 3 is 2.20 bits per heavy atom. The molecule has 1 atom stereocenters. The first-order valence-corrected chi connectivity index (χ1v) is 28.4. The van der Waals surface area contributed by atoms with Crippen LogP contribution in [0, 0.1) is 0 Å². The summed E-state index contributed by atoms with van der Waals surface area (Å²) in [6.07, 6.45) is 5.62. The zero-order valence-electron chi connectivity index (χ0n) is 25.0. The third-order valence-corrected chi connectivity index (χ3v) is 26.0. The van der Waals surface area contributed by atoms with Gasteiger partial charge in [0.15, 0.2) is 0 Å². The van der Waals surface area contributed by atoms with E-state index in [0.29, 0.717) is 3.63 Å². The van der Waals surface area contributed by atoms with E-state index in [2.05, 4.69) is 150 Å². The molecule has 5 aromatic carbocycles. The molecule has 0 saturated heterocycles. The van der Waals surface area contributed by atoms with E-state index in [9.17, 15) is 0 Å². The molecule has 6 aromatic rings. The molecule has 0 fully saturated rings. The second kappa shape index (κ2) is 11.4. The number of hydrogen-bond donors (Lipinski definition) is 0. The first-order valence-electron chi connectivity index (χ1n) is 14.9. The minimum atomic E-state index is -3.77. The van der Waals surface area contributed by atoms with Gasteiger partial charge >= 0.3 is 252 Å². The van der Waals surface area contributed by atoms with Crippen molar-refractivity contribution in [1.82, 2.24) is 4.98 Å². The Labute approximate surface area is 274 Å². The van der Waals surface area contributed by atoms with E-state index in [1.54, 1.807) is 8.83 Å². The van der Waals surface area contributed by atoms with Crippen LogP contribution in [0.5, 0.6) is 0 Å². The number of hydrogen-bond acceptors (Lipinski definition) is 1. The van der Waals surface area contributed by atoms with E-state index in [4.69, 9.17) is 4.98 Å². The topological polar surface area (TPSA) is 12.9 Å². The molecule has 0 amide bonds. The number of nitrogens with zero attached hydrogens (tertiary/aromatic N) is 1. The Kier molecular flexibility index (Phi) is 8.00. The fraction of sp³-hybridized carbons (Fsp3) is 0.103. The maximum absolute atomic E-state index is 4.84. The number of halogens is 2. The van der Waals surface area contributed by atoms with Gasteiger partial charge in [-0.25, -0.2) is 0 Å². The van der Waals surface area contributed by atoms with E-state index >= 15 is 0 Å². The summed E-state index contributed by atoms with van der Waals surface area (Å²) in [5.74, 6) is 0. The molecular formula is C39H35Cl2NSiZr. The number of fused-ring (bicyclic) bond motifs is 5. The van der Waals surface area contributed by atoms with Crippen molar-refractivity contribution < 1.29 is 17.4 Å². The van der Waals surface area contributed by atoms with Crippen LogP contribution in [0.2, 0.25) is 9.26 Å². The van der Waals surface area contributed by atoms with Crippen molar-refractivity contribution in [3.8, 4) is 22.3 Å². The van der Waals surface area contributed by atoms with Crippen molar-refractivity contribution in [2.45, 2.75) is 19.3 Å². The van der Waals surface area contributed by atoms with Gasteiger partial charge in [0.2, 0.25) is 0 Å². The van der Waals surface area contributed by atoms with Crippen LogP contribution in [0.25, 0.3) is 44.8 Å². The third kappa shape index (κ3) is 4.81. The summed E-state index contributed by atoms with van der Waals surface area (Å²) < 4.78 is 7.42. The van der Waals surface area contributed by atoms with Gasteiger partial charge in [0.1, 0.15) is 0 Å². The summed E-state index contributed by atoms with van der Waals surface area (Å²) in [4.78, 5) is 4.84. The fourth-order valence-electron chi connectivity index (χ4n) is 7.83. The summed E-state index contributed by atoms with van der Waals surface area (Å²) in [5.41, 5.74) is 15.1. The Morgan fingerprint density at radius 1 is 0.682 bits per heavy atom. The van der Waals surface area contributed by atoms with Crippen LogP contribution in [0.15, 0.2) is 128 Å². The summed E-state index contributed by atoms with van der Waals surface area (Å²) >= 11 is -3.77. The second-order valence-corrected chi connectivity index (χ2v) is 42.5. The van der Waals surface area contributed by atoms with Crippen molar-refractivity contribution in [2.24, 2.45) is 0 Å². The van der Waals surface area contributed by atoms with E-state index in [1.165, 1.54) is 55.5 Å². The zero-order chi connectivity index (χ0) is 28.5. The van der Waals surface area contributed by atoms with Gasteiger partial charge in [0, 0.05) is 0 Å². The quantitative estimate of drug-likeness (QED) is 0.166. The number of aromatic nitrogens is 1. The molecule has 8 rings (SSSR count). The van der Waals surface area contributed by atoms with E-state index in [-0.39, 0.29) is 24.8 Å². The molecule has 2 aliphatic rings.